The minimum Gasteiger partial charge on any atom is -0.333 e. The van der Waals surface area contributed by atoms with Crippen LogP contribution in [0.4, 0.5) is 16.5 Å². The summed E-state index contributed by atoms with van der Waals surface area (Å²) in [6.45, 7) is 6.50. The van der Waals surface area contributed by atoms with Gasteiger partial charge in [-0.2, -0.15) is 0 Å². The predicted molar refractivity (Wildman–Crippen MR) is 132 cm³/mol. The molecule has 3 rings (SSSR count). The Morgan fingerprint density at radius 1 is 1.09 bits per heavy atom. The second-order valence-corrected chi connectivity index (χ2v) is 9.53. The van der Waals surface area contributed by atoms with Crippen LogP contribution >= 0.6 is 23.1 Å². The van der Waals surface area contributed by atoms with Gasteiger partial charge in [-0.15, -0.1) is 10.2 Å². The zero-order valence-electron chi connectivity index (χ0n) is 18.4. The standard InChI is InChI=1S/C23H27N5O2S2/c1-4-12-28(14-20(29)25-19-11-6-5-9-17(19)3)21(30)15-31-23-27-26-22(32-23)24-18-10-7-8-16(2)13-18/h5-11,13H,4,12,14-15H2,1-3H3,(H,24,26)(H,25,29). The third kappa shape index (κ3) is 7.06. The van der Waals surface area contributed by atoms with Crippen LogP contribution in [0.1, 0.15) is 24.5 Å². The van der Waals surface area contributed by atoms with Gasteiger partial charge in [0.25, 0.3) is 0 Å². The second kappa shape index (κ2) is 11.6. The molecule has 168 valence electrons. The first-order valence-corrected chi connectivity index (χ1v) is 12.2. The van der Waals surface area contributed by atoms with E-state index in [1.165, 1.54) is 23.1 Å². The van der Waals surface area contributed by atoms with E-state index in [9.17, 15) is 9.59 Å². The maximum absolute atomic E-state index is 12.8. The lowest BCUT2D eigenvalue weighted by Gasteiger charge is -2.21. The van der Waals surface area contributed by atoms with Gasteiger partial charge >= 0.3 is 0 Å². The van der Waals surface area contributed by atoms with E-state index in [-0.39, 0.29) is 24.1 Å². The van der Waals surface area contributed by atoms with Gasteiger partial charge in [-0.3, -0.25) is 9.59 Å². The maximum atomic E-state index is 12.8. The van der Waals surface area contributed by atoms with Crippen LogP contribution in [0.5, 0.6) is 0 Å². The van der Waals surface area contributed by atoms with Gasteiger partial charge in [0.15, 0.2) is 4.34 Å². The van der Waals surface area contributed by atoms with Crippen molar-refractivity contribution >= 4 is 51.4 Å². The Kier molecular flexibility index (Phi) is 8.64. The molecule has 0 unspecified atom stereocenters. The van der Waals surface area contributed by atoms with Gasteiger partial charge in [-0.1, -0.05) is 60.4 Å². The highest BCUT2D eigenvalue weighted by Crippen LogP contribution is 2.28. The number of carbonyl (C=O) groups is 2. The lowest BCUT2D eigenvalue weighted by Crippen LogP contribution is -2.39. The number of rotatable bonds is 10. The average molecular weight is 470 g/mol. The number of nitrogens with zero attached hydrogens (tertiary/aromatic N) is 3. The Morgan fingerprint density at radius 3 is 2.66 bits per heavy atom. The number of aromatic nitrogens is 2. The van der Waals surface area contributed by atoms with Gasteiger partial charge in [0.05, 0.1) is 12.3 Å². The summed E-state index contributed by atoms with van der Waals surface area (Å²) in [5.74, 6) is -0.0941. The van der Waals surface area contributed by atoms with Crippen LogP contribution in [-0.2, 0) is 9.59 Å². The van der Waals surface area contributed by atoms with Gasteiger partial charge in [-0.05, 0) is 49.6 Å². The van der Waals surface area contributed by atoms with E-state index in [0.29, 0.717) is 16.0 Å². The number of hydrogen-bond acceptors (Lipinski definition) is 7. The third-order valence-corrected chi connectivity index (χ3v) is 6.55. The van der Waals surface area contributed by atoms with Crippen molar-refractivity contribution in [2.24, 2.45) is 0 Å². The highest BCUT2D eigenvalue weighted by Gasteiger charge is 2.18. The summed E-state index contributed by atoms with van der Waals surface area (Å²) in [7, 11) is 0. The molecule has 7 nitrogen and oxygen atoms in total. The third-order valence-electron chi connectivity index (χ3n) is 4.59. The minimum atomic E-state index is -0.202. The molecular weight excluding hydrogens is 442 g/mol. The largest absolute Gasteiger partial charge is 0.333 e. The fraction of sp³-hybridized carbons (Fsp3) is 0.304. The molecule has 2 aromatic carbocycles. The SMILES string of the molecule is CCCN(CC(=O)Nc1ccccc1C)C(=O)CSc1nnc(Nc2cccc(C)c2)s1. The van der Waals surface area contributed by atoms with E-state index in [0.717, 1.165) is 28.9 Å². The summed E-state index contributed by atoms with van der Waals surface area (Å²) in [5.41, 5.74) is 3.85. The molecule has 0 saturated carbocycles. The molecule has 0 radical (unpaired) electrons. The Balaban J connectivity index is 1.53. The van der Waals surface area contributed by atoms with Gasteiger partial charge < -0.3 is 15.5 Å². The lowest BCUT2D eigenvalue weighted by atomic mass is 10.2. The number of amides is 2. The summed E-state index contributed by atoms with van der Waals surface area (Å²) in [5, 5.41) is 15.1. The van der Waals surface area contributed by atoms with E-state index in [4.69, 9.17) is 0 Å². The topological polar surface area (TPSA) is 87.2 Å². The quantitative estimate of drug-likeness (QED) is 0.412. The lowest BCUT2D eigenvalue weighted by molar-refractivity contribution is -0.132. The number of benzene rings is 2. The number of thioether (sulfide) groups is 1. The molecular formula is C23H27N5O2S2. The minimum absolute atomic E-state index is 0.0256. The smallest absolute Gasteiger partial charge is 0.244 e. The van der Waals surface area contributed by atoms with Crippen LogP contribution in [0.3, 0.4) is 0 Å². The predicted octanol–water partition coefficient (Wildman–Crippen LogP) is 4.87. The molecule has 2 N–H and O–H groups in total. The van der Waals surface area contributed by atoms with Crippen molar-refractivity contribution < 1.29 is 9.59 Å². The zero-order chi connectivity index (χ0) is 22.9. The Morgan fingerprint density at radius 2 is 1.91 bits per heavy atom. The summed E-state index contributed by atoms with van der Waals surface area (Å²) in [4.78, 5) is 26.8. The van der Waals surface area contributed by atoms with Crippen molar-refractivity contribution in [3.05, 3.63) is 59.7 Å². The Labute approximate surface area is 196 Å². The first-order valence-electron chi connectivity index (χ1n) is 10.4. The van der Waals surface area contributed by atoms with Gasteiger partial charge in [0.1, 0.15) is 0 Å². The van der Waals surface area contributed by atoms with Crippen molar-refractivity contribution in [2.45, 2.75) is 31.5 Å². The number of para-hydroxylation sites is 1. The summed E-state index contributed by atoms with van der Waals surface area (Å²) >= 11 is 2.73. The van der Waals surface area contributed by atoms with E-state index in [1.54, 1.807) is 4.90 Å². The highest BCUT2D eigenvalue weighted by atomic mass is 32.2. The van der Waals surface area contributed by atoms with E-state index in [2.05, 4.69) is 20.8 Å². The average Bonchev–Trinajstić information content (AvgIpc) is 3.20. The zero-order valence-corrected chi connectivity index (χ0v) is 20.1. The summed E-state index contributed by atoms with van der Waals surface area (Å²) < 4.78 is 0.703. The second-order valence-electron chi connectivity index (χ2n) is 7.33. The van der Waals surface area contributed by atoms with Gasteiger partial charge in [0.2, 0.25) is 16.9 Å². The van der Waals surface area contributed by atoms with Crippen LogP contribution in [0.2, 0.25) is 0 Å². The van der Waals surface area contributed by atoms with Crippen LogP contribution in [0.15, 0.2) is 52.9 Å². The molecule has 1 heterocycles. The molecule has 0 aliphatic rings. The first kappa shape index (κ1) is 23.7. The molecule has 0 saturated heterocycles. The van der Waals surface area contributed by atoms with Crippen LogP contribution in [0, 0.1) is 13.8 Å². The van der Waals surface area contributed by atoms with Gasteiger partial charge in [-0.25, -0.2) is 0 Å². The van der Waals surface area contributed by atoms with Crippen LogP contribution in [-0.4, -0.2) is 45.8 Å². The Hall–Kier alpha value is -2.91. The van der Waals surface area contributed by atoms with E-state index < -0.39 is 0 Å². The first-order chi connectivity index (χ1) is 15.4. The van der Waals surface area contributed by atoms with Crippen molar-refractivity contribution in [3.8, 4) is 0 Å². The van der Waals surface area contributed by atoms with Crippen molar-refractivity contribution in [2.75, 3.05) is 29.5 Å². The van der Waals surface area contributed by atoms with Crippen LogP contribution in [0.25, 0.3) is 0 Å². The fourth-order valence-corrected chi connectivity index (χ4v) is 4.69. The molecule has 2 amide bonds. The number of aryl methyl sites for hydroxylation is 2. The molecule has 0 atom stereocenters. The number of carbonyl (C=O) groups excluding carboxylic acids is 2. The van der Waals surface area contributed by atoms with Crippen molar-refractivity contribution in [1.82, 2.24) is 15.1 Å². The van der Waals surface area contributed by atoms with E-state index in [1.807, 2.05) is 69.3 Å². The van der Waals surface area contributed by atoms with Crippen LogP contribution < -0.4 is 10.6 Å². The number of hydrogen-bond donors (Lipinski definition) is 2. The molecule has 1 aromatic heterocycles. The Bertz CT molecular complexity index is 1070. The number of nitrogens with one attached hydrogen (secondary N) is 2. The fourth-order valence-electron chi connectivity index (χ4n) is 3.02. The molecule has 0 fully saturated rings. The van der Waals surface area contributed by atoms with E-state index >= 15 is 0 Å². The summed E-state index contributed by atoms with van der Waals surface area (Å²) in [6, 6.07) is 15.6. The molecule has 32 heavy (non-hydrogen) atoms. The maximum Gasteiger partial charge on any atom is 0.244 e. The summed E-state index contributed by atoms with van der Waals surface area (Å²) in [6.07, 6.45) is 0.775. The molecule has 0 bridgehead atoms. The molecule has 3 aromatic rings. The molecule has 9 heteroatoms. The number of anilines is 3. The molecule has 0 aliphatic carbocycles. The normalized spacial score (nSPS) is 10.6. The molecule has 0 spiro atoms. The molecule has 0 aliphatic heterocycles. The van der Waals surface area contributed by atoms with Gasteiger partial charge in [0, 0.05) is 17.9 Å². The monoisotopic (exact) mass is 469 g/mol. The highest BCUT2D eigenvalue weighted by molar-refractivity contribution is 8.01. The van der Waals surface area contributed by atoms with Crippen molar-refractivity contribution in [1.29, 1.82) is 0 Å². The van der Waals surface area contributed by atoms with Crippen molar-refractivity contribution in [3.63, 3.8) is 0 Å².